The number of aromatic amines is 1. The van der Waals surface area contributed by atoms with Crippen molar-refractivity contribution in [1.29, 1.82) is 0 Å². The third-order valence-corrected chi connectivity index (χ3v) is 3.45. The molecule has 1 amide bonds. The van der Waals surface area contributed by atoms with Crippen molar-refractivity contribution < 1.29 is 9.21 Å². The number of halogens is 1. The SMILES string of the molecule is CN(Cc1ccc(Br)o1)C(=O)c1n[nH]c(C2CC2)n1. The van der Waals surface area contributed by atoms with Crippen molar-refractivity contribution in [1.82, 2.24) is 20.1 Å². The number of carbonyl (C=O) groups is 1. The Bertz CT molecular complexity index is 602. The molecular formula is C12H13BrN4O2. The van der Waals surface area contributed by atoms with Crippen LogP contribution < -0.4 is 0 Å². The maximum atomic E-state index is 12.1. The van der Waals surface area contributed by atoms with Crippen molar-refractivity contribution in [2.75, 3.05) is 7.05 Å². The maximum absolute atomic E-state index is 12.1. The molecule has 0 atom stereocenters. The Labute approximate surface area is 118 Å². The molecule has 100 valence electrons. The normalized spacial score (nSPS) is 14.6. The van der Waals surface area contributed by atoms with Gasteiger partial charge in [0.05, 0.1) is 6.54 Å². The second kappa shape index (κ2) is 4.80. The summed E-state index contributed by atoms with van der Waals surface area (Å²) in [6.45, 7) is 0.387. The molecule has 1 saturated carbocycles. The minimum atomic E-state index is -0.212. The Kier molecular flexibility index (Phi) is 3.14. The number of rotatable bonds is 4. The van der Waals surface area contributed by atoms with Crippen LogP contribution in [0.5, 0.6) is 0 Å². The van der Waals surface area contributed by atoms with E-state index in [1.165, 1.54) is 4.90 Å². The molecule has 0 bridgehead atoms. The number of nitrogens with one attached hydrogen (secondary N) is 1. The number of hydrogen-bond acceptors (Lipinski definition) is 4. The maximum Gasteiger partial charge on any atom is 0.293 e. The summed E-state index contributed by atoms with van der Waals surface area (Å²) in [4.78, 5) is 17.9. The van der Waals surface area contributed by atoms with Gasteiger partial charge in [0.2, 0.25) is 5.82 Å². The molecule has 2 aromatic rings. The molecule has 1 N–H and O–H groups in total. The summed E-state index contributed by atoms with van der Waals surface area (Å²) in [5.74, 6) is 1.99. The molecule has 0 unspecified atom stereocenters. The predicted molar refractivity (Wildman–Crippen MR) is 70.6 cm³/mol. The van der Waals surface area contributed by atoms with Gasteiger partial charge in [-0.3, -0.25) is 9.89 Å². The molecule has 0 radical (unpaired) electrons. The van der Waals surface area contributed by atoms with Gasteiger partial charge in [-0.05, 0) is 40.9 Å². The second-order valence-corrected chi connectivity index (χ2v) is 5.47. The van der Waals surface area contributed by atoms with Crippen molar-refractivity contribution in [3.05, 3.63) is 34.2 Å². The van der Waals surface area contributed by atoms with Gasteiger partial charge < -0.3 is 9.32 Å². The van der Waals surface area contributed by atoms with Crippen LogP contribution in [0.2, 0.25) is 0 Å². The van der Waals surface area contributed by atoms with Crippen molar-refractivity contribution >= 4 is 21.8 Å². The van der Waals surface area contributed by atoms with Gasteiger partial charge in [-0.1, -0.05) is 0 Å². The van der Waals surface area contributed by atoms with Crippen molar-refractivity contribution in [3.63, 3.8) is 0 Å². The Morgan fingerprint density at radius 2 is 2.37 bits per heavy atom. The van der Waals surface area contributed by atoms with E-state index >= 15 is 0 Å². The molecule has 2 aromatic heterocycles. The van der Waals surface area contributed by atoms with Gasteiger partial charge in [-0.25, -0.2) is 4.98 Å². The average Bonchev–Trinajstić information content (AvgIpc) is 2.98. The Hall–Kier alpha value is -1.63. The predicted octanol–water partition coefficient (Wildman–Crippen LogP) is 2.31. The van der Waals surface area contributed by atoms with Crippen LogP contribution in [0.4, 0.5) is 0 Å². The number of hydrogen-bond donors (Lipinski definition) is 1. The lowest BCUT2D eigenvalue weighted by Crippen LogP contribution is -2.27. The van der Waals surface area contributed by atoms with Crippen LogP contribution in [0.25, 0.3) is 0 Å². The van der Waals surface area contributed by atoms with Crippen LogP contribution >= 0.6 is 15.9 Å². The van der Waals surface area contributed by atoms with Gasteiger partial charge in [0.1, 0.15) is 11.6 Å². The fourth-order valence-corrected chi connectivity index (χ4v) is 2.16. The quantitative estimate of drug-likeness (QED) is 0.936. The summed E-state index contributed by atoms with van der Waals surface area (Å²) in [5, 5.41) is 6.81. The van der Waals surface area contributed by atoms with E-state index in [9.17, 15) is 4.79 Å². The molecule has 1 aliphatic carbocycles. The molecule has 1 fully saturated rings. The molecule has 1 aliphatic rings. The lowest BCUT2D eigenvalue weighted by Gasteiger charge is -2.13. The molecule has 0 saturated heterocycles. The van der Waals surface area contributed by atoms with Crippen molar-refractivity contribution in [2.45, 2.75) is 25.3 Å². The molecule has 3 rings (SSSR count). The third kappa shape index (κ3) is 2.70. The highest BCUT2D eigenvalue weighted by Crippen LogP contribution is 2.37. The summed E-state index contributed by atoms with van der Waals surface area (Å²) in [5.41, 5.74) is 0. The van der Waals surface area contributed by atoms with E-state index in [1.54, 1.807) is 13.1 Å². The first-order valence-corrected chi connectivity index (χ1v) is 6.85. The minimum Gasteiger partial charge on any atom is -0.452 e. The highest BCUT2D eigenvalue weighted by atomic mass is 79.9. The lowest BCUT2D eigenvalue weighted by molar-refractivity contribution is 0.0763. The van der Waals surface area contributed by atoms with E-state index < -0.39 is 0 Å². The van der Waals surface area contributed by atoms with Gasteiger partial charge in [0.15, 0.2) is 4.67 Å². The van der Waals surface area contributed by atoms with Crippen LogP contribution in [-0.4, -0.2) is 33.0 Å². The van der Waals surface area contributed by atoms with E-state index in [4.69, 9.17) is 4.42 Å². The third-order valence-electron chi connectivity index (χ3n) is 3.03. The Morgan fingerprint density at radius 3 is 3.00 bits per heavy atom. The number of aromatic nitrogens is 3. The molecule has 0 spiro atoms. The molecule has 0 aliphatic heterocycles. The van der Waals surface area contributed by atoms with Gasteiger partial charge in [-0.15, -0.1) is 5.10 Å². The summed E-state index contributed by atoms with van der Waals surface area (Å²) < 4.78 is 6.02. The molecule has 7 heteroatoms. The highest BCUT2D eigenvalue weighted by Gasteiger charge is 2.28. The summed E-state index contributed by atoms with van der Waals surface area (Å²) >= 11 is 3.23. The summed E-state index contributed by atoms with van der Waals surface area (Å²) in [7, 11) is 1.70. The van der Waals surface area contributed by atoms with E-state index in [-0.39, 0.29) is 11.7 Å². The fourth-order valence-electron chi connectivity index (χ4n) is 1.82. The molecular weight excluding hydrogens is 312 g/mol. The molecule has 0 aromatic carbocycles. The first kappa shape index (κ1) is 12.4. The summed E-state index contributed by atoms with van der Waals surface area (Å²) in [6, 6.07) is 3.62. The average molecular weight is 325 g/mol. The summed E-state index contributed by atoms with van der Waals surface area (Å²) in [6.07, 6.45) is 2.25. The molecule has 2 heterocycles. The zero-order valence-corrected chi connectivity index (χ0v) is 12.0. The monoisotopic (exact) mass is 324 g/mol. The number of carbonyl (C=O) groups excluding carboxylic acids is 1. The van der Waals surface area contributed by atoms with E-state index in [2.05, 4.69) is 31.1 Å². The second-order valence-electron chi connectivity index (χ2n) is 4.69. The molecule has 19 heavy (non-hydrogen) atoms. The Balaban J connectivity index is 1.67. The van der Waals surface area contributed by atoms with Crippen LogP contribution in [0.1, 0.15) is 41.0 Å². The van der Waals surface area contributed by atoms with E-state index in [0.29, 0.717) is 22.9 Å². The largest absolute Gasteiger partial charge is 0.452 e. The van der Waals surface area contributed by atoms with E-state index in [1.807, 2.05) is 6.07 Å². The smallest absolute Gasteiger partial charge is 0.293 e. The van der Waals surface area contributed by atoms with Crippen LogP contribution in [0.15, 0.2) is 21.2 Å². The standard InChI is InChI=1S/C12H13BrN4O2/c1-17(6-8-4-5-9(13)19-8)12(18)11-14-10(15-16-11)7-2-3-7/h4-5,7H,2-3,6H2,1H3,(H,14,15,16). The first-order valence-electron chi connectivity index (χ1n) is 6.05. The lowest BCUT2D eigenvalue weighted by atomic mass is 10.4. The van der Waals surface area contributed by atoms with Crippen molar-refractivity contribution in [2.24, 2.45) is 0 Å². The van der Waals surface area contributed by atoms with Crippen LogP contribution in [-0.2, 0) is 6.54 Å². The first-order chi connectivity index (χ1) is 9.13. The Morgan fingerprint density at radius 1 is 1.58 bits per heavy atom. The number of nitrogens with zero attached hydrogens (tertiary/aromatic N) is 3. The molecule has 6 nitrogen and oxygen atoms in total. The number of H-pyrrole nitrogens is 1. The fraction of sp³-hybridized carbons (Fsp3) is 0.417. The number of furan rings is 1. The van der Waals surface area contributed by atoms with Gasteiger partial charge in [0, 0.05) is 13.0 Å². The van der Waals surface area contributed by atoms with E-state index in [0.717, 1.165) is 18.7 Å². The van der Waals surface area contributed by atoms with Crippen LogP contribution in [0.3, 0.4) is 0 Å². The van der Waals surface area contributed by atoms with Gasteiger partial charge >= 0.3 is 0 Å². The topological polar surface area (TPSA) is 75.0 Å². The zero-order chi connectivity index (χ0) is 13.4. The zero-order valence-electron chi connectivity index (χ0n) is 10.4. The minimum absolute atomic E-state index is 0.212. The van der Waals surface area contributed by atoms with Crippen molar-refractivity contribution in [3.8, 4) is 0 Å². The van der Waals surface area contributed by atoms with Gasteiger partial charge in [0.25, 0.3) is 5.91 Å². The number of amides is 1. The van der Waals surface area contributed by atoms with Crippen LogP contribution in [0, 0.1) is 0 Å². The van der Waals surface area contributed by atoms with Gasteiger partial charge in [-0.2, -0.15) is 0 Å². The highest BCUT2D eigenvalue weighted by molar-refractivity contribution is 9.10.